The Hall–Kier alpha value is -1.36. The van der Waals surface area contributed by atoms with Crippen LogP contribution in [0, 0.1) is 11.8 Å². The standard InChI is InChI=1S/C16H23NO4/c1-4-5-8-20-15(19)12-11-6-7-16(21-11)9-17(10(2)3)14(18)13(12)16/h6-7,10-13H,4-5,8-9H2,1-3H3/t11-,12+,13-,16+/m0/s1. The molecule has 1 amide bonds. The zero-order valence-corrected chi connectivity index (χ0v) is 12.9. The van der Waals surface area contributed by atoms with E-state index in [0.29, 0.717) is 13.2 Å². The number of unbranched alkanes of at least 4 members (excludes halogenated alkanes) is 1. The Morgan fingerprint density at radius 2 is 2.33 bits per heavy atom. The van der Waals surface area contributed by atoms with Crippen molar-refractivity contribution < 1.29 is 19.1 Å². The number of nitrogens with zero attached hydrogens (tertiary/aromatic N) is 1. The second kappa shape index (κ2) is 5.13. The summed E-state index contributed by atoms with van der Waals surface area (Å²) in [5, 5.41) is 0. The molecule has 0 aromatic carbocycles. The fourth-order valence-electron chi connectivity index (χ4n) is 3.65. The molecule has 5 heteroatoms. The smallest absolute Gasteiger partial charge is 0.312 e. The molecule has 3 aliphatic rings. The molecule has 0 aromatic rings. The highest BCUT2D eigenvalue weighted by Crippen LogP contribution is 2.52. The van der Waals surface area contributed by atoms with Crippen LogP contribution in [0.2, 0.25) is 0 Å². The van der Waals surface area contributed by atoms with Crippen molar-refractivity contribution in [3.05, 3.63) is 12.2 Å². The van der Waals surface area contributed by atoms with Crippen molar-refractivity contribution in [2.75, 3.05) is 13.2 Å². The quantitative estimate of drug-likeness (QED) is 0.438. The van der Waals surface area contributed by atoms with Crippen molar-refractivity contribution in [2.24, 2.45) is 11.8 Å². The van der Waals surface area contributed by atoms with Crippen LogP contribution < -0.4 is 0 Å². The summed E-state index contributed by atoms with van der Waals surface area (Å²) in [6.07, 6.45) is 5.41. The van der Waals surface area contributed by atoms with E-state index in [-0.39, 0.29) is 24.0 Å². The third-order valence-corrected chi connectivity index (χ3v) is 4.77. The van der Waals surface area contributed by atoms with Crippen molar-refractivity contribution in [2.45, 2.75) is 51.4 Å². The minimum Gasteiger partial charge on any atom is -0.465 e. The third-order valence-electron chi connectivity index (χ3n) is 4.77. The lowest BCUT2D eigenvalue weighted by Gasteiger charge is -2.24. The first-order valence-electron chi connectivity index (χ1n) is 7.84. The third kappa shape index (κ3) is 2.09. The molecule has 1 spiro atoms. The van der Waals surface area contributed by atoms with Gasteiger partial charge in [-0.1, -0.05) is 25.5 Å². The number of esters is 1. The van der Waals surface area contributed by atoms with E-state index < -0.39 is 17.4 Å². The van der Waals surface area contributed by atoms with Gasteiger partial charge >= 0.3 is 5.97 Å². The van der Waals surface area contributed by atoms with Gasteiger partial charge in [0.1, 0.15) is 11.5 Å². The molecule has 0 aliphatic carbocycles. The SMILES string of the molecule is CCCCOC(=O)[C@@H]1[C@@H]2C=C[C@]3(CN(C(C)C)C(=O)[C@H]13)O2. The van der Waals surface area contributed by atoms with Crippen LogP contribution in [-0.4, -0.2) is 47.7 Å². The van der Waals surface area contributed by atoms with Gasteiger partial charge in [-0.3, -0.25) is 9.59 Å². The Labute approximate surface area is 125 Å². The monoisotopic (exact) mass is 293 g/mol. The van der Waals surface area contributed by atoms with Crippen LogP contribution in [-0.2, 0) is 19.1 Å². The van der Waals surface area contributed by atoms with Gasteiger partial charge in [0.2, 0.25) is 5.91 Å². The predicted octanol–water partition coefficient (Wildman–Crippen LogP) is 1.52. The van der Waals surface area contributed by atoms with Crippen LogP contribution in [0.15, 0.2) is 12.2 Å². The van der Waals surface area contributed by atoms with E-state index in [4.69, 9.17) is 9.47 Å². The Kier molecular flexibility index (Phi) is 3.56. The van der Waals surface area contributed by atoms with Gasteiger partial charge in [0, 0.05) is 6.04 Å². The van der Waals surface area contributed by atoms with Gasteiger partial charge in [0.15, 0.2) is 0 Å². The molecule has 3 aliphatic heterocycles. The minimum atomic E-state index is -0.611. The van der Waals surface area contributed by atoms with Crippen LogP contribution in [0.1, 0.15) is 33.6 Å². The van der Waals surface area contributed by atoms with Crippen LogP contribution in [0.3, 0.4) is 0 Å². The molecular weight excluding hydrogens is 270 g/mol. The van der Waals surface area contributed by atoms with E-state index >= 15 is 0 Å². The molecule has 21 heavy (non-hydrogen) atoms. The van der Waals surface area contributed by atoms with Crippen LogP contribution in [0.5, 0.6) is 0 Å². The summed E-state index contributed by atoms with van der Waals surface area (Å²) >= 11 is 0. The molecule has 5 nitrogen and oxygen atoms in total. The number of ether oxygens (including phenoxy) is 2. The zero-order valence-electron chi connectivity index (χ0n) is 12.9. The summed E-state index contributed by atoms with van der Waals surface area (Å²) in [6, 6.07) is 0.116. The second-order valence-corrected chi connectivity index (χ2v) is 6.48. The number of hydrogen-bond acceptors (Lipinski definition) is 4. The largest absolute Gasteiger partial charge is 0.465 e. The van der Waals surface area contributed by atoms with Gasteiger partial charge in [-0.05, 0) is 20.3 Å². The lowest BCUT2D eigenvalue weighted by molar-refractivity contribution is -0.154. The van der Waals surface area contributed by atoms with Gasteiger partial charge < -0.3 is 14.4 Å². The summed E-state index contributed by atoms with van der Waals surface area (Å²) in [7, 11) is 0. The van der Waals surface area contributed by atoms with Gasteiger partial charge in [-0.2, -0.15) is 0 Å². The van der Waals surface area contributed by atoms with Crippen LogP contribution in [0.25, 0.3) is 0 Å². The summed E-state index contributed by atoms with van der Waals surface area (Å²) < 4.78 is 11.3. The first-order valence-corrected chi connectivity index (χ1v) is 7.84. The lowest BCUT2D eigenvalue weighted by atomic mass is 9.77. The number of likely N-dealkylation sites (tertiary alicyclic amines) is 1. The Balaban J connectivity index is 1.79. The number of carbonyl (C=O) groups is 2. The number of hydrogen-bond donors (Lipinski definition) is 0. The van der Waals surface area contributed by atoms with Crippen LogP contribution >= 0.6 is 0 Å². The highest BCUT2D eigenvalue weighted by molar-refractivity contribution is 5.91. The van der Waals surface area contributed by atoms with Crippen molar-refractivity contribution >= 4 is 11.9 Å². The molecule has 116 valence electrons. The van der Waals surface area contributed by atoms with Crippen molar-refractivity contribution in [3.8, 4) is 0 Å². The molecule has 0 radical (unpaired) electrons. The maximum absolute atomic E-state index is 12.7. The Morgan fingerprint density at radius 3 is 3.00 bits per heavy atom. The first-order chi connectivity index (χ1) is 10.00. The summed E-state index contributed by atoms with van der Waals surface area (Å²) in [4.78, 5) is 26.8. The maximum Gasteiger partial charge on any atom is 0.312 e. The summed E-state index contributed by atoms with van der Waals surface area (Å²) in [5.41, 5.74) is -0.611. The lowest BCUT2D eigenvalue weighted by Crippen LogP contribution is -2.40. The van der Waals surface area contributed by atoms with Gasteiger partial charge in [-0.15, -0.1) is 0 Å². The molecule has 0 N–H and O–H groups in total. The van der Waals surface area contributed by atoms with Crippen molar-refractivity contribution in [1.29, 1.82) is 0 Å². The maximum atomic E-state index is 12.7. The molecule has 3 rings (SSSR count). The Bertz CT molecular complexity index is 487. The normalized spacial score (nSPS) is 36.7. The average molecular weight is 293 g/mol. The minimum absolute atomic E-state index is 0.0225. The fraction of sp³-hybridized carbons (Fsp3) is 0.750. The van der Waals surface area contributed by atoms with Crippen molar-refractivity contribution in [3.63, 3.8) is 0 Å². The van der Waals surface area contributed by atoms with E-state index in [1.54, 1.807) is 0 Å². The molecule has 3 heterocycles. The highest BCUT2D eigenvalue weighted by Gasteiger charge is 2.67. The van der Waals surface area contributed by atoms with E-state index in [1.165, 1.54) is 0 Å². The number of amides is 1. The highest BCUT2D eigenvalue weighted by atomic mass is 16.6. The molecule has 2 fully saturated rings. The molecule has 0 aromatic heterocycles. The van der Waals surface area contributed by atoms with E-state index in [2.05, 4.69) is 0 Å². The fourth-order valence-corrected chi connectivity index (χ4v) is 3.65. The molecule has 4 atom stereocenters. The topological polar surface area (TPSA) is 55.8 Å². The second-order valence-electron chi connectivity index (χ2n) is 6.48. The average Bonchev–Trinajstić information content (AvgIpc) is 3.07. The summed E-state index contributed by atoms with van der Waals surface area (Å²) in [6.45, 7) is 6.98. The molecule has 2 bridgehead atoms. The van der Waals surface area contributed by atoms with Crippen molar-refractivity contribution in [1.82, 2.24) is 4.90 Å². The van der Waals surface area contributed by atoms with E-state index in [0.717, 1.165) is 12.8 Å². The van der Waals surface area contributed by atoms with Gasteiger partial charge in [0.25, 0.3) is 0 Å². The molecule has 2 saturated heterocycles. The van der Waals surface area contributed by atoms with Crippen LogP contribution in [0.4, 0.5) is 0 Å². The predicted molar refractivity (Wildman–Crippen MR) is 76.4 cm³/mol. The van der Waals surface area contributed by atoms with Gasteiger partial charge in [-0.25, -0.2) is 0 Å². The van der Waals surface area contributed by atoms with E-state index in [1.807, 2.05) is 37.8 Å². The molecule has 0 unspecified atom stereocenters. The zero-order chi connectivity index (χ0) is 15.2. The number of fused-ring (bicyclic) bond motifs is 1. The number of carbonyl (C=O) groups excluding carboxylic acids is 2. The number of rotatable bonds is 5. The molecular formula is C16H23NO4. The Morgan fingerprint density at radius 1 is 1.57 bits per heavy atom. The molecule has 0 saturated carbocycles. The summed E-state index contributed by atoms with van der Waals surface area (Å²) in [5.74, 6) is -1.16. The van der Waals surface area contributed by atoms with E-state index in [9.17, 15) is 9.59 Å². The first kappa shape index (κ1) is 14.6. The van der Waals surface area contributed by atoms with Gasteiger partial charge in [0.05, 0.1) is 25.2 Å².